The van der Waals surface area contributed by atoms with Crippen molar-refractivity contribution in [2.24, 2.45) is 52.6 Å². The molecular weight excluding hydrogens is 1440 g/mol. The normalized spacial score (nSPS) is 16.6. The minimum absolute atomic E-state index is 0.00596. The number of amides is 8. The van der Waals surface area contributed by atoms with Gasteiger partial charge in [0, 0.05) is 131 Å². The number of thiazole rings is 1. The fourth-order valence-corrected chi connectivity index (χ4v) is 15.2. The van der Waals surface area contributed by atoms with Crippen molar-refractivity contribution in [1.29, 1.82) is 0 Å². The molecule has 1 aromatic heterocycles. The summed E-state index contributed by atoms with van der Waals surface area (Å²) in [5.74, 6) is -7.61. The summed E-state index contributed by atoms with van der Waals surface area (Å²) in [4.78, 5) is 173. The van der Waals surface area contributed by atoms with Crippen LogP contribution in [0.4, 0.5) is 15.3 Å². The highest BCUT2D eigenvalue weighted by atomic mass is 32.1. The van der Waals surface area contributed by atoms with Gasteiger partial charge in [0.2, 0.25) is 29.5 Å². The molecule has 0 unspecified atom stereocenters. The van der Waals surface area contributed by atoms with E-state index in [-0.39, 0.29) is 136 Å². The maximum atomic E-state index is 14.9. The highest BCUT2D eigenvalue weighted by molar-refractivity contribution is 7.09. The molecule has 0 bridgehead atoms. The number of nitrogens with zero attached hydrogens (tertiary/aromatic N) is 3. The van der Waals surface area contributed by atoms with Crippen molar-refractivity contribution in [3.63, 3.8) is 0 Å². The number of likely N-dealkylation sites (N-methyl/N-ethyl adjacent to an activating group) is 1. The van der Waals surface area contributed by atoms with E-state index in [0.29, 0.717) is 56.3 Å². The standard InChI is InChI=1S/C84H132N10O16S/c1-20-53(6)73(68(108-18)49-71(101)94-42-27-32-64(94)74(109-19)54(7)65(96)47-60(78-87-41-43-111-78)44-56-28-22-21-23-29-56)93(17)79(105)62(51(2)3)48-69(99)84(15,16)92-81(107)110-50-57-33-35-61(36-34-57)89-76(103)59(31-26-40-88-80(85)106)46-67(98)72(52(4)5)90-77(104)58(45-66(97)55(8)95)30-24-25-39-86-70(100)38-37-63(91-83(12,13)14)75(102)82(9,10)11/h21-23,28-29,33-36,41,43,51-55,58-60,62-64,68,72-74,91,95H,20,24-27,30-32,37-40,42,44-50H2,1-19H3,(H,86,100)(H,89,103)(H,90,104)(H,92,107)(H3,85,88,106)/t53-,54-,55+,58+,59+,60+,62-,63+,64-,68+,72-,73-,74+/m0/s1. The zero-order valence-electron chi connectivity index (χ0n) is 69.6. The number of nitrogens with one attached hydrogen (secondary N) is 6. The number of ether oxygens (including phenoxy) is 3. The number of nitrogens with two attached hydrogens (primary N) is 1. The van der Waals surface area contributed by atoms with Gasteiger partial charge in [0.15, 0.2) is 23.1 Å². The van der Waals surface area contributed by atoms with E-state index in [1.165, 1.54) is 39.2 Å². The number of carbonyl (C=O) groups excluding carboxylic acids is 12. The second-order valence-electron chi connectivity index (χ2n) is 33.5. The van der Waals surface area contributed by atoms with E-state index in [9.17, 15) is 62.6 Å². The number of rotatable bonds is 49. The summed E-state index contributed by atoms with van der Waals surface area (Å²) in [5, 5.41) is 30.0. The summed E-state index contributed by atoms with van der Waals surface area (Å²) in [6.45, 7) is 29.4. The number of primary amides is 1. The first-order valence-corrected chi connectivity index (χ1v) is 40.5. The molecule has 4 rings (SSSR count). The number of methoxy groups -OCH3 is 2. The van der Waals surface area contributed by atoms with Gasteiger partial charge in [-0.3, -0.25) is 47.9 Å². The van der Waals surface area contributed by atoms with Gasteiger partial charge in [-0.05, 0) is 134 Å². The fourth-order valence-electron chi connectivity index (χ4n) is 14.4. The molecule has 2 heterocycles. The zero-order chi connectivity index (χ0) is 83.3. The number of likely N-dealkylation sites (tertiary alicyclic amines) is 1. The average molecular weight is 1570 g/mol. The molecule has 13 atom stereocenters. The number of Topliss-reactive ketones (excluding diaryl/α,β-unsaturated/α-hetero) is 5. The van der Waals surface area contributed by atoms with Gasteiger partial charge in [0.25, 0.3) is 0 Å². The molecule has 1 fully saturated rings. The molecule has 0 radical (unpaired) electrons. The smallest absolute Gasteiger partial charge is 0.408 e. The monoisotopic (exact) mass is 1570 g/mol. The zero-order valence-corrected chi connectivity index (χ0v) is 70.4. The van der Waals surface area contributed by atoms with Gasteiger partial charge in [-0.2, -0.15) is 0 Å². The van der Waals surface area contributed by atoms with E-state index in [4.69, 9.17) is 19.9 Å². The quantitative estimate of drug-likeness (QED) is 0.0243. The van der Waals surface area contributed by atoms with Crippen molar-refractivity contribution in [1.82, 2.24) is 41.4 Å². The Morgan fingerprint density at radius 3 is 1.92 bits per heavy atom. The first kappa shape index (κ1) is 95.5. The van der Waals surface area contributed by atoms with E-state index in [1.54, 1.807) is 63.4 Å². The average Bonchev–Trinajstić information content (AvgIpc) is 1.79. The number of anilines is 1. The number of aliphatic hydroxyl groups is 1. The Morgan fingerprint density at radius 2 is 1.35 bits per heavy atom. The van der Waals surface area contributed by atoms with Gasteiger partial charge in [0.1, 0.15) is 18.5 Å². The Kier molecular flexibility index (Phi) is 39.4. The summed E-state index contributed by atoms with van der Waals surface area (Å²) in [7, 11) is 4.79. The van der Waals surface area contributed by atoms with Crippen LogP contribution in [0.3, 0.4) is 0 Å². The lowest BCUT2D eigenvalue weighted by Crippen LogP contribution is -2.55. The van der Waals surface area contributed by atoms with E-state index >= 15 is 0 Å². The Hall–Kier alpha value is -7.85. The van der Waals surface area contributed by atoms with Crippen LogP contribution in [-0.2, 0) is 75.2 Å². The fraction of sp³-hybridized carbons (Fsp3) is 0.679. The number of unbranched alkanes of at least 4 members (excludes halogenated alkanes) is 1. The predicted molar refractivity (Wildman–Crippen MR) is 430 cm³/mol. The number of ketones is 5. The number of alkyl carbamates (subject to hydrolysis) is 1. The van der Waals surface area contributed by atoms with Crippen molar-refractivity contribution >= 4 is 87.6 Å². The molecule has 9 N–H and O–H groups in total. The Morgan fingerprint density at radius 1 is 0.721 bits per heavy atom. The molecular formula is C84H132N10O16S. The summed E-state index contributed by atoms with van der Waals surface area (Å²) >= 11 is 1.53. The predicted octanol–water partition coefficient (Wildman–Crippen LogP) is 10.8. The van der Waals surface area contributed by atoms with Crippen molar-refractivity contribution < 1.29 is 76.9 Å². The maximum Gasteiger partial charge on any atom is 0.408 e. The van der Waals surface area contributed by atoms with Crippen LogP contribution in [0.5, 0.6) is 0 Å². The summed E-state index contributed by atoms with van der Waals surface area (Å²) in [5.41, 5.74) is 4.81. The molecule has 3 aromatic rings. The molecule has 1 aliphatic rings. The van der Waals surface area contributed by atoms with Crippen LogP contribution in [0.1, 0.15) is 229 Å². The lowest BCUT2D eigenvalue weighted by Gasteiger charge is -2.41. The molecule has 8 amide bonds. The molecule has 0 saturated carbocycles. The third-order valence-corrected chi connectivity index (χ3v) is 22.2. The number of urea groups is 1. The second-order valence-corrected chi connectivity index (χ2v) is 34.5. The Balaban J connectivity index is 1.37. The van der Waals surface area contributed by atoms with E-state index < -0.39 is 118 Å². The van der Waals surface area contributed by atoms with Gasteiger partial charge in [-0.25, -0.2) is 14.6 Å². The van der Waals surface area contributed by atoms with Crippen LogP contribution >= 0.6 is 11.3 Å². The summed E-state index contributed by atoms with van der Waals surface area (Å²) < 4.78 is 17.9. The minimum atomic E-state index is -1.50. The topological polar surface area (TPSA) is 370 Å². The van der Waals surface area contributed by atoms with Crippen LogP contribution in [0.15, 0.2) is 66.2 Å². The molecule has 1 saturated heterocycles. The van der Waals surface area contributed by atoms with E-state index in [1.807, 2.05) is 117 Å². The largest absolute Gasteiger partial charge is 0.445 e. The summed E-state index contributed by atoms with van der Waals surface area (Å²) in [6, 6.07) is 13.1. The van der Waals surface area contributed by atoms with Gasteiger partial charge in [-0.1, -0.05) is 125 Å². The van der Waals surface area contributed by atoms with Crippen LogP contribution in [-0.4, -0.2) is 185 Å². The number of hydrogen-bond donors (Lipinski definition) is 8. The van der Waals surface area contributed by atoms with Gasteiger partial charge < -0.3 is 66.8 Å². The maximum absolute atomic E-state index is 14.9. The number of hydrogen-bond acceptors (Lipinski definition) is 19. The Bertz CT molecular complexity index is 3500. The van der Waals surface area contributed by atoms with E-state index in [0.717, 1.165) is 17.0 Å². The number of carbonyl (C=O) groups is 12. The lowest BCUT2D eigenvalue weighted by atomic mass is 9.83. The minimum Gasteiger partial charge on any atom is -0.445 e. The lowest BCUT2D eigenvalue weighted by molar-refractivity contribution is -0.149. The molecule has 27 heteroatoms. The second kappa shape index (κ2) is 45.7. The molecule has 1 aliphatic heterocycles. The van der Waals surface area contributed by atoms with Gasteiger partial charge in [-0.15, -0.1) is 11.3 Å². The van der Waals surface area contributed by atoms with Crippen LogP contribution < -0.4 is 37.6 Å². The first-order chi connectivity index (χ1) is 52.0. The van der Waals surface area contributed by atoms with Crippen molar-refractivity contribution in [2.45, 2.75) is 280 Å². The van der Waals surface area contributed by atoms with Gasteiger partial charge in [0.05, 0.1) is 53.3 Å². The van der Waals surface area contributed by atoms with Crippen LogP contribution in [0.2, 0.25) is 0 Å². The highest BCUT2D eigenvalue weighted by Crippen LogP contribution is 2.35. The van der Waals surface area contributed by atoms with Gasteiger partial charge >= 0.3 is 12.1 Å². The Labute approximate surface area is 663 Å². The number of benzene rings is 2. The number of aliphatic hydroxyl groups excluding tert-OH is 1. The molecule has 620 valence electrons. The van der Waals surface area contributed by atoms with Crippen LogP contribution in [0.25, 0.3) is 0 Å². The van der Waals surface area contributed by atoms with Crippen molar-refractivity contribution in [3.8, 4) is 0 Å². The van der Waals surface area contributed by atoms with Crippen molar-refractivity contribution in [2.75, 3.05) is 46.2 Å². The SMILES string of the molecule is CC[C@H](C)[C@@H]([C@@H](CC(=O)N1CCC[C@H]1[C@H](OC)[C@@H](C)C(=O)C[C@@H](Cc1ccccc1)c1nccs1)OC)N(C)C(=O)[C@@H](CC(=O)C(C)(C)NC(=O)OCc1ccc(NC(=O)[C@H](CCCNC(N)=O)CC(=O)[C@@H](NC(=O)[C@H](CCCCNC(=O)CC[C@@H](NC(C)(C)C)C(=O)C(C)(C)C)CC(=O)[C@@H](C)O)C(C)C)cc1)C(C)C. The molecule has 2 aromatic carbocycles. The third kappa shape index (κ3) is 31.6. The summed E-state index contributed by atoms with van der Waals surface area (Å²) in [6.07, 6.45) is 2.04. The molecule has 0 spiro atoms. The molecule has 0 aliphatic carbocycles. The molecule has 26 nitrogen and oxygen atoms in total. The molecule has 111 heavy (non-hydrogen) atoms. The first-order valence-electron chi connectivity index (χ1n) is 39.7. The van der Waals surface area contributed by atoms with Crippen LogP contribution in [0, 0.1) is 46.8 Å². The third-order valence-electron chi connectivity index (χ3n) is 21.2. The number of aromatic nitrogens is 1. The van der Waals surface area contributed by atoms with Crippen molar-refractivity contribution in [3.05, 3.63) is 82.3 Å². The van der Waals surface area contributed by atoms with E-state index in [2.05, 4.69) is 36.9 Å². The highest BCUT2D eigenvalue weighted by Gasteiger charge is 2.45.